The normalized spacial score (nSPS) is 10.7. The van der Waals surface area contributed by atoms with Gasteiger partial charge in [-0.05, 0) is 42.6 Å². The highest BCUT2D eigenvalue weighted by molar-refractivity contribution is 7.92. The van der Waals surface area contributed by atoms with Gasteiger partial charge >= 0.3 is 0 Å². The lowest BCUT2D eigenvalue weighted by Crippen LogP contribution is -2.13. The number of nitro benzene ring substituents is 1. The number of nitrogens with zero attached hydrogens (tertiary/aromatic N) is 1. The molecule has 1 N–H and O–H groups in total. The Morgan fingerprint density at radius 1 is 1.07 bits per heavy atom. The van der Waals surface area contributed by atoms with E-state index in [9.17, 15) is 18.5 Å². The van der Waals surface area contributed by atoms with Crippen LogP contribution in [0.15, 0.2) is 64.9 Å². The van der Waals surface area contributed by atoms with E-state index in [0.717, 1.165) is 10.9 Å². The third-order valence-corrected chi connectivity index (χ3v) is 5.82. The van der Waals surface area contributed by atoms with Crippen molar-refractivity contribution in [2.75, 3.05) is 4.72 Å². The molecule has 0 aliphatic rings. The second-order valence-corrected chi connectivity index (χ2v) is 8.25. The molecule has 0 aliphatic carbocycles. The van der Waals surface area contributed by atoms with Crippen molar-refractivity contribution in [1.29, 1.82) is 0 Å². The van der Waals surface area contributed by atoms with Crippen molar-refractivity contribution < 1.29 is 13.3 Å². The Kier molecular flexibility index (Phi) is 5.26. The summed E-state index contributed by atoms with van der Waals surface area (Å²) in [7, 11) is -3.96. The lowest BCUT2D eigenvalue weighted by Gasteiger charge is -2.09. The molecule has 0 spiro atoms. The number of thiophene rings is 1. The van der Waals surface area contributed by atoms with Gasteiger partial charge in [0.05, 0.1) is 20.4 Å². The second-order valence-electron chi connectivity index (χ2n) is 5.62. The van der Waals surface area contributed by atoms with Crippen LogP contribution in [0.1, 0.15) is 16.0 Å². The van der Waals surface area contributed by atoms with E-state index in [2.05, 4.69) is 16.6 Å². The van der Waals surface area contributed by atoms with E-state index in [1.807, 2.05) is 17.5 Å². The molecule has 0 bridgehead atoms. The van der Waals surface area contributed by atoms with Crippen molar-refractivity contribution in [2.45, 2.75) is 11.8 Å². The van der Waals surface area contributed by atoms with Gasteiger partial charge in [-0.25, -0.2) is 8.42 Å². The first-order chi connectivity index (χ1) is 12.8. The largest absolute Gasteiger partial charge is 0.280 e. The number of benzene rings is 2. The molecule has 3 aromatic rings. The zero-order valence-corrected chi connectivity index (χ0v) is 15.8. The minimum absolute atomic E-state index is 0.171. The van der Waals surface area contributed by atoms with Crippen molar-refractivity contribution in [3.8, 4) is 11.8 Å². The van der Waals surface area contributed by atoms with Gasteiger partial charge in [0, 0.05) is 17.2 Å². The van der Waals surface area contributed by atoms with Crippen LogP contribution in [0, 0.1) is 28.9 Å². The average molecular weight is 398 g/mol. The minimum Gasteiger partial charge on any atom is -0.280 e. The molecule has 27 heavy (non-hydrogen) atoms. The zero-order chi connectivity index (χ0) is 19.4. The lowest BCUT2D eigenvalue weighted by atomic mass is 10.2. The highest BCUT2D eigenvalue weighted by Gasteiger charge is 2.20. The molecule has 0 radical (unpaired) electrons. The van der Waals surface area contributed by atoms with Crippen molar-refractivity contribution in [2.24, 2.45) is 0 Å². The molecule has 0 unspecified atom stereocenters. The lowest BCUT2D eigenvalue weighted by molar-refractivity contribution is -0.385. The summed E-state index contributed by atoms with van der Waals surface area (Å²) >= 11 is 1.52. The van der Waals surface area contributed by atoms with Crippen molar-refractivity contribution >= 4 is 32.7 Å². The number of nitro groups is 1. The topological polar surface area (TPSA) is 89.3 Å². The summed E-state index contributed by atoms with van der Waals surface area (Å²) in [4.78, 5) is 11.2. The van der Waals surface area contributed by atoms with Gasteiger partial charge in [-0.1, -0.05) is 30.0 Å². The van der Waals surface area contributed by atoms with Gasteiger partial charge in [-0.2, -0.15) is 0 Å². The average Bonchev–Trinajstić information content (AvgIpc) is 3.13. The summed E-state index contributed by atoms with van der Waals surface area (Å²) in [5, 5.41) is 13.0. The molecule has 8 heteroatoms. The van der Waals surface area contributed by atoms with E-state index in [0.29, 0.717) is 16.8 Å². The summed E-state index contributed by atoms with van der Waals surface area (Å²) in [6, 6.07) is 14.3. The van der Waals surface area contributed by atoms with E-state index in [-0.39, 0.29) is 10.6 Å². The van der Waals surface area contributed by atoms with Gasteiger partial charge in [0.1, 0.15) is 0 Å². The van der Waals surface area contributed by atoms with E-state index < -0.39 is 14.9 Å². The zero-order valence-electron chi connectivity index (χ0n) is 14.2. The maximum atomic E-state index is 12.6. The molecule has 0 fully saturated rings. The highest BCUT2D eigenvalue weighted by atomic mass is 32.2. The molecule has 1 aromatic heterocycles. The molecule has 136 valence electrons. The van der Waals surface area contributed by atoms with Gasteiger partial charge in [-0.15, -0.1) is 11.3 Å². The molecule has 0 amide bonds. The highest BCUT2D eigenvalue weighted by Crippen LogP contribution is 2.24. The number of hydrogen-bond acceptors (Lipinski definition) is 5. The molecular weight excluding hydrogens is 384 g/mol. The van der Waals surface area contributed by atoms with Gasteiger partial charge < -0.3 is 0 Å². The van der Waals surface area contributed by atoms with Crippen LogP contribution in [-0.2, 0) is 10.0 Å². The van der Waals surface area contributed by atoms with Crippen LogP contribution in [0.4, 0.5) is 11.4 Å². The van der Waals surface area contributed by atoms with Crippen molar-refractivity contribution in [3.05, 3.63) is 86.1 Å². The van der Waals surface area contributed by atoms with Crippen LogP contribution >= 0.6 is 11.3 Å². The first kappa shape index (κ1) is 18.6. The first-order valence-corrected chi connectivity index (χ1v) is 10.1. The summed E-state index contributed by atoms with van der Waals surface area (Å²) in [5.74, 6) is 5.99. The number of anilines is 1. The van der Waals surface area contributed by atoms with Crippen LogP contribution in [0.25, 0.3) is 0 Å². The molecular formula is C19H14N2O4S2. The molecule has 0 saturated heterocycles. The van der Waals surface area contributed by atoms with E-state index >= 15 is 0 Å². The SMILES string of the molecule is Cc1ccc(S(=O)(=O)Nc2cccc(C#Cc3cccs3)c2)cc1[N+](=O)[O-]. The van der Waals surface area contributed by atoms with Crippen LogP contribution in [0.5, 0.6) is 0 Å². The molecule has 0 atom stereocenters. The minimum atomic E-state index is -3.96. The molecule has 0 aliphatic heterocycles. The summed E-state index contributed by atoms with van der Waals surface area (Å²) < 4.78 is 27.6. The number of nitrogens with one attached hydrogen (secondary N) is 1. The Morgan fingerprint density at radius 3 is 2.59 bits per heavy atom. The second kappa shape index (κ2) is 7.61. The van der Waals surface area contributed by atoms with E-state index in [1.165, 1.54) is 23.5 Å². The van der Waals surface area contributed by atoms with Crippen LogP contribution in [0.3, 0.4) is 0 Å². The third-order valence-electron chi connectivity index (χ3n) is 3.65. The van der Waals surface area contributed by atoms with Crippen LogP contribution < -0.4 is 4.72 Å². The predicted molar refractivity (Wildman–Crippen MR) is 105 cm³/mol. The molecule has 2 aromatic carbocycles. The quantitative estimate of drug-likeness (QED) is 0.406. The van der Waals surface area contributed by atoms with Gasteiger partial charge in [0.25, 0.3) is 15.7 Å². The molecule has 6 nitrogen and oxygen atoms in total. The predicted octanol–water partition coefficient (Wildman–Crippen LogP) is 4.17. The first-order valence-electron chi connectivity index (χ1n) is 7.78. The number of sulfonamides is 1. The van der Waals surface area contributed by atoms with Gasteiger partial charge in [0.2, 0.25) is 0 Å². The molecule has 0 saturated carbocycles. The van der Waals surface area contributed by atoms with E-state index in [1.54, 1.807) is 31.2 Å². The number of aryl methyl sites for hydroxylation is 1. The smallest absolute Gasteiger partial charge is 0.273 e. The van der Waals surface area contributed by atoms with Crippen molar-refractivity contribution in [1.82, 2.24) is 0 Å². The standard InChI is InChI=1S/C19H14N2O4S2/c1-14-7-10-18(13-19(14)21(22)23)27(24,25)20-16-5-2-4-15(12-16)8-9-17-6-3-11-26-17/h2-7,10-13,20H,1H3. The summed E-state index contributed by atoms with van der Waals surface area (Å²) in [5.41, 5.74) is 1.13. The molecule has 1 heterocycles. The molecule has 3 rings (SSSR count). The van der Waals surface area contributed by atoms with Gasteiger partial charge in [-0.3, -0.25) is 14.8 Å². The maximum absolute atomic E-state index is 12.6. The Hall–Kier alpha value is -3.15. The monoisotopic (exact) mass is 398 g/mol. The Balaban J connectivity index is 1.87. The Labute approximate surface area is 160 Å². The number of rotatable bonds is 4. The Morgan fingerprint density at radius 2 is 1.89 bits per heavy atom. The Bertz CT molecular complexity index is 1160. The number of hydrogen-bond donors (Lipinski definition) is 1. The fourth-order valence-corrected chi connectivity index (χ4v) is 3.95. The summed E-state index contributed by atoms with van der Waals surface area (Å²) in [6.45, 7) is 1.55. The fraction of sp³-hybridized carbons (Fsp3) is 0.0526. The van der Waals surface area contributed by atoms with E-state index in [4.69, 9.17) is 0 Å². The fourth-order valence-electron chi connectivity index (χ4n) is 2.31. The van der Waals surface area contributed by atoms with Crippen LogP contribution in [-0.4, -0.2) is 13.3 Å². The van der Waals surface area contributed by atoms with Crippen LogP contribution in [0.2, 0.25) is 0 Å². The summed E-state index contributed by atoms with van der Waals surface area (Å²) in [6.07, 6.45) is 0. The van der Waals surface area contributed by atoms with Crippen molar-refractivity contribution in [3.63, 3.8) is 0 Å². The third kappa shape index (κ3) is 4.53. The maximum Gasteiger partial charge on any atom is 0.273 e. The van der Waals surface area contributed by atoms with Gasteiger partial charge in [0.15, 0.2) is 0 Å².